The molecular weight excluding hydrogens is 218 g/mol. The quantitative estimate of drug-likeness (QED) is 0.525. The van der Waals surface area contributed by atoms with Gasteiger partial charge in [0.05, 0.1) is 13.2 Å². The number of nitrogens with one attached hydrogen (secondary N) is 1. The van der Waals surface area contributed by atoms with Gasteiger partial charge in [-0.05, 0) is 39.7 Å². The molecule has 0 saturated heterocycles. The molecule has 0 aliphatic carbocycles. The predicted molar refractivity (Wildman–Crippen MR) is 69.0 cm³/mol. The fourth-order valence-electron chi connectivity index (χ4n) is 1.44. The maximum Gasteiger partial charge on any atom is 0.325 e. The molecule has 0 bridgehead atoms. The van der Waals surface area contributed by atoms with Crippen molar-refractivity contribution in [2.24, 2.45) is 5.92 Å². The zero-order valence-electron chi connectivity index (χ0n) is 12.0. The van der Waals surface area contributed by atoms with Crippen molar-refractivity contribution in [1.29, 1.82) is 0 Å². The number of rotatable bonds is 8. The summed E-state index contributed by atoms with van der Waals surface area (Å²) in [7, 11) is 3.18. The highest BCUT2D eigenvalue weighted by Gasteiger charge is 2.31. The van der Waals surface area contributed by atoms with Gasteiger partial charge in [0, 0.05) is 6.61 Å². The van der Waals surface area contributed by atoms with Crippen LogP contribution in [0.3, 0.4) is 0 Å². The second kappa shape index (κ2) is 7.67. The highest BCUT2D eigenvalue weighted by Crippen LogP contribution is 2.15. The molecule has 102 valence electrons. The van der Waals surface area contributed by atoms with Crippen molar-refractivity contribution in [3.8, 4) is 0 Å². The monoisotopic (exact) mass is 245 g/mol. The molecule has 0 heterocycles. The van der Waals surface area contributed by atoms with Crippen molar-refractivity contribution in [1.82, 2.24) is 5.32 Å². The van der Waals surface area contributed by atoms with Crippen LogP contribution >= 0.6 is 0 Å². The van der Waals surface area contributed by atoms with Crippen LogP contribution in [0.15, 0.2) is 0 Å². The molecule has 0 aromatic rings. The van der Waals surface area contributed by atoms with Crippen molar-refractivity contribution in [3.05, 3.63) is 0 Å². The second-order valence-electron chi connectivity index (χ2n) is 5.00. The number of hydrogen-bond acceptors (Lipinski definition) is 4. The van der Waals surface area contributed by atoms with E-state index in [1.165, 1.54) is 7.11 Å². The summed E-state index contributed by atoms with van der Waals surface area (Å²) in [4.78, 5) is 11.6. The van der Waals surface area contributed by atoms with Crippen LogP contribution in [0.4, 0.5) is 0 Å². The molecule has 0 fully saturated rings. The molecule has 0 spiro atoms. The van der Waals surface area contributed by atoms with Crippen LogP contribution in [0.1, 0.15) is 40.5 Å². The van der Waals surface area contributed by atoms with E-state index < -0.39 is 5.54 Å². The van der Waals surface area contributed by atoms with Crippen LogP contribution in [0, 0.1) is 5.92 Å². The Morgan fingerprint density at radius 1 is 1.35 bits per heavy atom. The average molecular weight is 245 g/mol. The average Bonchev–Trinajstić information content (AvgIpc) is 2.32. The van der Waals surface area contributed by atoms with Crippen molar-refractivity contribution in [3.63, 3.8) is 0 Å². The summed E-state index contributed by atoms with van der Waals surface area (Å²) in [5.74, 6) is 0.295. The van der Waals surface area contributed by atoms with E-state index >= 15 is 0 Å². The summed E-state index contributed by atoms with van der Waals surface area (Å²) < 4.78 is 10.5. The van der Waals surface area contributed by atoms with E-state index in [-0.39, 0.29) is 12.1 Å². The molecule has 2 atom stereocenters. The van der Waals surface area contributed by atoms with Gasteiger partial charge in [0.15, 0.2) is 0 Å². The summed E-state index contributed by atoms with van der Waals surface area (Å²) >= 11 is 0. The summed E-state index contributed by atoms with van der Waals surface area (Å²) in [5.41, 5.74) is -0.612. The first-order valence-corrected chi connectivity index (χ1v) is 6.26. The minimum Gasteiger partial charge on any atom is -0.468 e. The molecule has 0 aromatic carbocycles. The van der Waals surface area contributed by atoms with Gasteiger partial charge in [-0.25, -0.2) is 0 Å². The lowest BCUT2D eigenvalue weighted by Gasteiger charge is -2.26. The molecule has 0 aromatic heterocycles. The third-order valence-electron chi connectivity index (χ3n) is 3.33. The Balaban J connectivity index is 3.97. The zero-order chi connectivity index (χ0) is 13.5. The predicted octanol–water partition coefficient (Wildman–Crippen LogP) is 1.98. The van der Waals surface area contributed by atoms with E-state index in [0.717, 1.165) is 6.42 Å². The standard InChI is InChI=1S/C13H27NO3/c1-10(2)11(3)17-9-7-8-13(4,14-5)12(15)16-6/h10-11,14H,7-9H2,1-6H3. The lowest BCUT2D eigenvalue weighted by atomic mass is 9.96. The molecule has 4 nitrogen and oxygen atoms in total. The Morgan fingerprint density at radius 2 is 1.94 bits per heavy atom. The fraction of sp³-hybridized carbons (Fsp3) is 0.923. The lowest BCUT2D eigenvalue weighted by molar-refractivity contribution is -0.148. The van der Waals surface area contributed by atoms with E-state index in [1.807, 2.05) is 6.92 Å². The van der Waals surface area contributed by atoms with Crippen LogP contribution in [0.25, 0.3) is 0 Å². The van der Waals surface area contributed by atoms with Gasteiger partial charge >= 0.3 is 5.97 Å². The van der Waals surface area contributed by atoms with Gasteiger partial charge < -0.3 is 14.8 Å². The van der Waals surface area contributed by atoms with E-state index in [1.54, 1.807) is 7.05 Å². The highest BCUT2D eigenvalue weighted by atomic mass is 16.5. The number of likely N-dealkylation sites (N-methyl/N-ethyl adjacent to an activating group) is 1. The van der Waals surface area contributed by atoms with Crippen molar-refractivity contribution < 1.29 is 14.3 Å². The van der Waals surface area contributed by atoms with Crippen molar-refractivity contribution in [2.45, 2.75) is 52.2 Å². The van der Waals surface area contributed by atoms with Crippen LogP contribution < -0.4 is 5.32 Å². The first-order chi connectivity index (χ1) is 7.87. The molecule has 17 heavy (non-hydrogen) atoms. The molecular formula is C13H27NO3. The summed E-state index contributed by atoms with van der Waals surface area (Å²) in [5, 5.41) is 3.01. The normalized spacial score (nSPS) is 16.6. The molecule has 0 aliphatic rings. The Kier molecular flexibility index (Phi) is 7.39. The number of methoxy groups -OCH3 is 1. The molecule has 0 saturated carbocycles. The molecule has 4 heteroatoms. The summed E-state index contributed by atoms with van der Waals surface area (Å²) in [6.45, 7) is 8.87. The van der Waals surface area contributed by atoms with Gasteiger partial charge in [-0.1, -0.05) is 13.8 Å². The van der Waals surface area contributed by atoms with Crippen LogP contribution in [-0.4, -0.2) is 38.4 Å². The van der Waals surface area contributed by atoms with E-state index in [2.05, 4.69) is 26.1 Å². The molecule has 0 radical (unpaired) electrons. The van der Waals surface area contributed by atoms with E-state index in [0.29, 0.717) is 18.9 Å². The SMILES string of the molecule is CNC(C)(CCCOC(C)C(C)C)C(=O)OC. The highest BCUT2D eigenvalue weighted by molar-refractivity contribution is 5.80. The molecule has 1 N–H and O–H groups in total. The number of ether oxygens (including phenoxy) is 2. The molecule has 0 aliphatic heterocycles. The smallest absolute Gasteiger partial charge is 0.325 e. The van der Waals surface area contributed by atoms with Crippen LogP contribution in [0.5, 0.6) is 0 Å². The second-order valence-corrected chi connectivity index (χ2v) is 5.00. The third kappa shape index (κ3) is 5.50. The largest absolute Gasteiger partial charge is 0.468 e. The first kappa shape index (κ1) is 16.4. The Bertz CT molecular complexity index is 231. The Morgan fingerprint density at radius 3 is 2.35 bits per heavy atom. The van der Waals surface area contributed by atoms with Gasteiger partial charge in [0.25, 0.3) is 0 Å². The minimum atomic E-state index is -0.612. The molecule has 0 amide bonds. The van der Waals surface area contributed by atoms with Crippen LogP contribution in [0.2, 0.25) is 0 Å². The summed E-state index contributed by atoms with van der Waals surface area (Å²) in [6, 6.07) is 0. The van der Waals surface area contributed by atoms with Gasteiger partial charge in [0.2, 0.25) is 0 Å². The zero-order valence-corrected chi connectivity index (χ0v) is 12.0. The van der Waals surface area contributed by atoms with E-state index in [9.17, 15) is 4.79 Å². The summed E-state index contributed by atoms with van der Waals surface area (Å²) in [6.07, 6.45) is 1.80. The van der Waals surface area contributed by atoms with Crippen molar-refractivity contribution >= 4 is 5.97 Å². The van der Waals surface area contributed by atoms with Crippen molar-refractivity contribution in [2.75, 3.05) is 20.8 Å². The lowest BCUT2D eigenvalue weighted by Crippen LogP contribution is -2.48. The third-order valence-corrected chi connectivity index (χ3v) is 3.33. The molecule has 0 rings (SSSR count). The topological polar surface area (TPSA) is 47.6 Å². The first-order valence-electron chi connectivity index (χ1n) is 6.26. The fourth-order valence-corrected chi connectivity index (χ4v) is 1.44. The Hall–Kier alpha value is -0.610. The number of carbonyl (C=O) groups is 1. The van der Waals surface area contributed by atoms with Gasteiger partial charge in [-0.3, -0.25) is 4.79 Å². The Labute approximate surface area is 105 Å². The van der Waals surface area contributed by atoms with E-state index in [4.69, 9.17) is 9.47 Å². The molecule has 2 unspecified atom stereocenters. The minimum absolute atomic E-state index is 0.225. The van der Waals surface area contributed by atoms with Gasteiger partial charge in [0.1, 0.15) is 5.54 Å². The maximum atomic E-state index is 11.6. The van der Waals surface area contributed by atoms with Gasteiger partial charge in [-0.2, -0.15) is 0 Å². The van der Waals surface area contributed by atoms with Crippen LogP contribution in [-0.2, 0) is 14.3 Å². The number of carbonyl (C=O) groups excluding carboxylic acids is 1. The number of hydrogen-bond donors (Lipinski definition) is 1. The number of esters is 1. The van der Waals surface area contributed by atoms with Gasteiger partial charge in [-0.15, -0.1) is 0 Å². The maximum absolute atomic E-state index is 11.6.